The van der Waals surface area contributed by atoms with E-state index in [4.69, 9.17) is 14.6 Å². The van der Waals surface area contributed by atoms with Crippen LogP contribution in [0.4, 0.5) is 5.82 Å². The maximum absolute atomic E-state index is 9.25. The Balaban J connectivity index is 1.51. The molecule has 1 aromatic carbocycles. The van der Waals surface area contributed by atoms with Crippen LogP contribution in [-0.2, 0) is 4.74 Å². The van der Waals surface area contributed by atoms with Gasteiger partial charge in [0.15, 0.2) is 5.82 Å². The zero-order valence-electron chi connectivity index (χ0n) is 20.3. The number of benzene rings is 1. The molecule has 3 aromatic rings. The topological polar surface area (TPSA) is 88.8 Å². The van der Waals surface area contributed by atoms with E-state index in [9.17, 15) is 5.11 Å². The minimum atomic E-state index is 0.224. The maximum atomic E-state index is 9.25. The second-order valence-corrected chi connectivity index (χ2v) is 9.35. The Kier molecular flexibility index (Phi) is 6.67. The van der Waals surface area contributed by atoms with Crippen molar-refractivity contribution in [3.8, 4) is 11.8 Å². The number of aliphatic hydroxyl groups excluding tert-OH is 1. The number of anilines is 1. The number of hydrogen-bond acceptors (Lipinski definition) is 8. The van der Waals surface area contributed by atoms with Gasteiger partial charge in [-0.1, -0.05) is 0 Å². The summed E-state index contributed by atoms with van der Waals surface area (Å²) < 4.78 is 13.0. The largest absolute Gasteiger partial charge is 0.467 e. The molecule has 34 heavy (non-hydrogen) atoms. The third-order valence-corrected chi connectivity index (χ3v) is 7.14. The predicted octanol–water partition coefficient (Wildman–Crippen LogP) is 2.53. The molecule has 0 bridgehead atoms. The van der Waals surface area contributed by atoms with Crippen LogP contribution in [0.15, 0.2) is 24.4 Å². The van der Waals surface area contributed by atoms with Crippen molar-refractivity contribution in [3.05, 3.63) is 35.5 Å². The number of aromatic nitrogens is 4. The summed E-state index contributed by atoms with van der Waals surface area (Å²) in [7, 11) is 1.59. The van der Waals surface area contributed by atoms with E-state index in [1.165, 1.54) is 11.1 Å². The molecule has 9 nitrogen and oxygen atoms in total. The summed E-state index contributed by atoms with van der Waals surface area (Å²) in [4.78, 5) is 13.8. The number of aliphatic hydroxyl groups is 1. The van der Waals surface area contributed by atoms with Crippen molar-refractivity contribution in [1.82, 2.24) is 24.6 Å². The first-order valence-corrected chi connectivity index (χ1v) is 12.2. The average Bonchev–Trinajstić information content (AvgIpc) is 3.27. The van der Waals surface area contributed by atoms with Crippen LogP contribution in [0.25, 0.3) is 16.7 Å². The summed E-state index contributed by atoms with van der Waals surface area (Å²) in [5.41, 5.74) is 3.72. The van der Waals surface area contributed by atoms with Gasteiger partial charge >= 0.3 is 6.01 Å². The standard InChI is InChI=1S/C25H34N6O3/c1-17-12-20-15-26-31(22(20)13-21(17)19-4-6-29(7-5-19)8-10-32)24-14-23(27-25(28-24)33-3)30-9-11-34-16-18(30)2/h12-15,18-19,32H,4-11,16H2,1-3H3/t18-/m1/s1. The van der Waals surface area contributed by atoms with Crippen LogP contribution in [0.2, 0.25) is 0 Å². The Morgan fingerprint density at radius 3 is 2.65 bits per heavy atom. The van der Waals surface area contributed by atoms with Crippen LogP contribution in [0, 0.1) is 6.92 Å². The van der Waals surface area contributed by atoms with Gasteiger partial charge in [-0.25, -0.2) is 4.68 Å². The van der Waals surface area contributed by atoms with Gasteiger partial charge in [0, 0.05) is 24.5 Å². The molecule has 2 aromatic heterocycles. The summed E-state index contributed by atoms with van der Waals surface area (Å²) >= 11 is 0. The van der Waals surface area contributed by atoms with Gasteiger partial charge < -0.3 is 24.4 Å². The molecule has 1 atom stereocenters. The lowest BCUT2D eigenvalue weighted by molar-refractivity contribution is 0.0984. The second-order valence-electron chi connectivity index (χ2n) is 9.35. The summed E-state index contributed by atoms with van der Waals surface area (Å²) in [5, 5.41) is 15.1. The quantitative estimate of drug-likeness (QED) is 0.593. The molecule has 0 unspecified atom stereocenters. The van der Waals surface area contributed by atoms with Crippen LogP contribution >= 0.6 is 0 Å². The van der Waals surface area contributed by atoms with E-state index in [0.717, 1.165) is 55.7 Å². The molecule has 182 valence electrons. The molecule has 2 aliphatic rings. The fourth-order valence-corrected chi connectivity index (χ4v) is 5.25. The van der Waals surface area contributed by atoms with Gasteiger partial charge in [0.2, 0.25) is 0 Å². The van der Waals surface area contributed by atoms with Gasteiger partial charge in [0.25, 0.3) is 0 Å². The minimum absolute atomic E-state index is 0.224. The molecule has 4 heterocycles. The smallest absolute Gasteiger partial charge is 0.320 e. The van der Waals surface area contributed by atoms with E-state index in [2.05, 4.69) is 45.7 Å². The van der Waals surface area contributed by atoms with E-state index in [1.807, 2.05) is 16.9 Å². The number of rotatable bonds is 6. The zero-order valence-corrected chi connectivity index (χ0v) is 20.3. The molecule has 1 N–H and O–H groups in total. The lowest BCUT2D eigenvalue weighted by atomic mass is 9.86. The number of aryl methyl sites for hydroxylation is 1. The van der Waals surface area contributed by atoms with Crippen molar-refractivity contribution in [3.63, 3.8) is 0 Å². The molecule has 2 aliphatic heterocycles. The molecular formula is C25H34N6O3. The molecule has 9 heteroatoms. The van der Waals surface area contributed by atoms with Gasteiger partial charge in [-0.05, 0) is 69.0 Å². The van der Waals surface area contributed by atoms with Crippen molar-refractivity contribution in [2.24, 2.45) is 0 Å². The summed E-state index contributed by atoms with van der Waals surface area (Å²) in [6, 6.07) is 7.07. The van der Waals surface area contributed by atoms with Gasteiger partial charge in [0.05, 0.1) is 44.7 Å². The lowest BCUT2D eigenvalue weighted by Gasteiger charge is -2.34. The van der Waals surface area contributed by atoms with Crippen molar-refractivity contribution in [1.29, 1.82) is 0 Å². The Bertz CT molecular complexity index is 1140. The Morgan fingerprint density at radius 2 is 1.91 bits per heavy atom. The number of morpholine rings is 1. The monoisotopic (exact) mass is 466 g/mol. The normalized spacial score (nSPS) is 20.2. The molecule has 2 saturated heterocycles. The molecule has 0 aliphatic carbocycles. The van der Waals surface area contributed by atoms with Crippen molar-refractivity contribution < 1.29 is 14.6 Å². The molecule has 0 spiro atoms. The number of piperidine rings is 1. The van der Waals surface area contributed by atoms with E-state index in [1.54, 1.807) is 7.11 Å². The van der Waals surface area contributed by atoms with E-state index < -0.39 is 0 Å². The number of β-amino-alcohol motifs (C(OH)–C–C–N with tert-alkyl or cyclic N) is 1. The Morgan fingerprint density at radius 1 is 1.12 bits per heavy atom. The average molecular weight is 467 g/mol. The number of hydrogen-bond donors (Lipinski definition) is 1. The molecule has 0 amide bonds. The van der Waals surface area contributed by atoms with Gasteiger partial charge in [-0.15, -0.1) is 0 Å². The van der Waals surface area contributed by atoms with Crippen LogP contribution in [0.5, 0.6) is 6.01 Å². The van der Waals surface area contributed by atoms with Crippen molar-refractivity contribution in [2.75, 3.05) is 58.0 Å². The first kappa shape index (κ1) is 23.0. The Labute approximate surface area is 200 Å². The van der Waals surface area contributed by atoms with E-state index >= 15 is 0 Å². The number of likely N-dealkylation sites (tertiary alicyclic amines) is 1. The third-order valence-electron chi connectivity index (χ3n) is 7.14. The summed E-state index contributed by atoms with van der Waals surface area (Å²) in [6.07, 6.45) is 4.10. The molecule has 0 radical (unpaired) electrons. The fourth-order valence-electron chi connectivity index (χ4n) is 5.25. The highest BCUT2D eigenvalue weighted by atomic mass is 16.5. The minimum Gasteiger partial charge on any atom is -0.467 e. The first-order chi connectivity index (χ1) is 16.6. The highest BCUT2D eigenvalue weighted by Gasteiger charge is 2.24. The summed E-state index contributed by atoms with van der Waals surface area (Å²) in [5.74, 6) is 2.03. The van der Waals surface area contributed by atoms with E-state index in [-0.39, 0.29) is 12.6 Å². The number of nitrogens with zero attached hydrogens (tertiary/aromatic N) is 6. The van der Waals surface area contributed by atoms with Crippen LogP contribution < -0.4 is 9.64 Å². The number of ether oxygens (including phenoxy) is 2. The SMILES string of the molecule is COc1nc(N2CCOC[C@H]2C)cc(-n2ncc3cc(C)c(C4CCN(CCO)CC4)cc32)n1. The van der Waals surface area contributed by atoms with Crippen LogP contribution in [0.3, 0.4) is 0 Å². The number of fused-ring (bicyclic) bond motifs is 1. The first-order valence-electron chi connectivity index (χ1n) is 12.2. The number of methoxy groups -OCH3 is 1. The third kappa shape index (κ3) is 4.47. The van der Waals surface area contributed by atoms with Crippen LogP contribution in [-0.4, -0.2) is 88.9 Å². The Hall–Kier alpha value is -2.75. The van der Waals surface area contributed by atoms with Gasteiger partial charge in [-0.3, -0.25) is 0 Å². The van der Waals surface area contributed by atoms with Crippen molar-refractivity contribution in [2.45, 2.75) is 38.6 Å². The van der Waals surface area contributed by atoms with Crippen LogP contribution in [0.1, 0.15) is 36.8 Å². The molecule has 0 saturated carbocycles. The molecular weight excluding hydrogens is 432 g/mol. The van der Waals surface area contributed by atoms with E-state index in [0.29, 0.717) is 31.0 Å². The zero-order chi connectivity index (χ0) is 23.7. The van der Waals surface area contributed by atoms with Gasteiger partial charge in [0.1, 0.15) is 5.82 Å². The predicted molar refractivity (Wildman–Crippen MR) is 131 cm³/mol. The fraction of sp³-hybridized carbons (Fsp3) is 0.560. The van der Waals surface area contributed by atoms with Crippen molar-refractivity contribution >= 4 is 16.7 Å². The van der Waals surface area contributed by atoms with Gasteiger partial charge in [-0.2, -0.15) is 15.1 Å². The maximum Gasteiger partial charge on any atom is 0.320 e. The highest BCUT2D eigenvalue weighted by Crippen LogP contribution is 2.34. The summed E-state index contributed by atoms with van der Waals surface area (Å²) in [6.45, 7) is 9.48. The molecule has 2 fully saturated rings. The highest BCUT2D eigenvalue weighted by molar-refractivity contribution is 5.82. The molecule has 5 rings (SSSR count). The second kappa shape index (κ2) is 9.85. The lowest BCUT2D eigenvalue weighted by Crippen LogP contribution is -2.44.